The van der Waals surface area contributed by atoms with Crippen molar-refractivity contribution < 1.29 is 19.1 Å². The summed E-state index contributed by atoms with van der Waals surface area (Å²) in [5, 5.41) is 11.9. The topological polar surface area (TPSA) is 88.4 Å². The Morgan fingerprint density at radius 1 is 1.19 bits per heavy atom. The minimum atomic E-state index is -0.933. The average molecular weight is 407 g/mol. The van der Waals surface area contributed by atoms with Crippen LogP contribution in [0.4, 0.5) is 5.69 Å². The minimum absolute atomic E-state index is 0.265. The summed E-state index contributed by atoms with van der Waals surface area (Å²) >= 11 is 12.1. The van der Waals surface area contributed by atoms with Gasteiger partial charge in [0.25, 0.3) is 5.91 Å². The maximum Gasteiger partial charge on any atom is 0.347 e. The molecule has 1 N–H and O–H groups in total. The fourth-order valence-electron chi connectivity index (χ4n) is 2.06. The van der Waals surface area contributed by atoms with Gasteiger partial charge in [-0.25, -0.2) is 4.79 Å². The largest absolute Gasteiger partial charge is 0.479 e. The van der Waals surface area contributed by atoms with Crippen LogP contribution >= 0.6 is 23.2 Å². The highest BCUT2D eigenvalue weighted by molar-refractivity contribution is 6.40. The van der Waals surface area contributed by atoms with Crippen molar-refractivity contribution in [3.05, 3.63) is 57.6 Å². The molecule has 0 fully saturated rings. The number of carbonyl (C=O) groups is 2. The monoisotopic (exact) mass is 406 g/mol. The first-order chi connectivity index (χ1) is 12.8. The zero-order valence-corrected chi connectivity index (χ0v) is 16.1. The van der Waals surface area contributed by atoms with Gasteiger partial charge >= 0.3 is 5.97 Å². The van der Waals surface area contributed by atoms with E-state index in [1.807, 2.05) is 6.07 Å². The zero-order chi connectivity index (χ0) is 20.0. The normalized spacial score (nSPS) is 11.2. The first-order valence-corrected chi connectivity index (χ1v) is 8.65. The van der Waals surface area contributed by atoms with Gasteiger partial charge in [-0.2, -0.15) is 5.26 Å². The number of hydrogen-bond acceptors (Lipinski definition) is 5. The van der Waals surface area contributed by atoms with E-state index in [0.29, 0.717) is 16.3 Å². The number of anilines is 1. The molecule has 0 spiro atoms. The zero-order valence-electron chi connectivity index (χ0n) is 14.6. The molecule has 0 bridgehead atoms. The third kappa shape index (κ3) is 5.61. The third-order valence-electron chi connectivity index (χ3n) is 3.52. The molecule has 140 valence electrons. The lowest BCUT2D eigenvalue weighted by Gasteiger charge is -2.15. The second kappa shape index (κ2) is 9.26. The molecule has 2 aromatic carbocycles. The number of esters is 1. The van der Waals surface area contributed by atoms with E-state index in [1.54, 1.807) is 43.3 Å². The van der Waals surface area contributed by atoms with E-state index < -0.39 is 24.6 Å². The van der Waals surface area contributed by atoms with Crippen LogP contribution in [0, 0.1) is 18.3 Å². The third-order valence-corrected chi connectivity index (χ3v) is 4.32. The molecule has 0 aromatic heterocycles. The van der Waals surface area contributed by atoms with Gasteiger partial charge < -0.3 is 14.8 Å². The van der Waals surface area contributed by atoms with Crippen molar-refractivity contribution in [3.63, 3.8) is 0 Å². The predicted octanol–water partition coefficient (Wildman–Crippen LogP) is 4.12. The summed E-state index contributed by atoms with van der Waals surface area (Å²) < 4.78 is 10.4. The van der Waals surface area contributed by atoms with E-state index in [9.17, 15) is 9.59 Å². The summed E-state index contributed by atoms with van der Waals surface area (Å²) in [7, 11) is 0. The van der Waals surface area contributed by atoms with Gasteiger partial charge in [0.1, 0.15) is 5.75 Å². The Bertz CT molecular complexity index is 892. The van der Waals surface area contributed by atoms with Crippen LogP contribution in [-0.4, -0.2) is 24.6 Å². The van der Waals surface area contributed by atoms with E-state index in [1.165, 1.54) is 6.92 Å². The Morgan fingerprint density at radius 3 is 2.48 bits per heavy atom. The second-order valence-electron chi connectivity index (χ2n) is 5.61. The molecule has 1 amide bonds. The number of carbonyl (C=O) groups excluding carboxylic acids is 2. The SMILES string of the molecule is Cc1ccc(Cl)c(NC(=O)COC(=O)[C@H](C)Oc2ccc(C#N)cc2)c1Cl. The van der Waals surface area contributed by atoms with Crippen molar-refractivity contribution in [2.75, 3.05) is 11.9 Å². The molecule has 0 aliphatic rings. The molecule has 0 radical (unpaired) electrons. The van der Waals surface area contributed by atoms with Gasteiger partial charge in [0.15, 0.2) is 12.7 Å². The lowest BCUT2D eigenvalue weighted by molar-refractivity contribution is -0.153. The summed E-state index contributed by atoms with van der Waals surface area (Å²) in [5.41, 5.74) is 1.49. The van der Waals surface area contributed by atoms with Gasteiger partial charge in [0, 0.05) is 0 Å². The lowest BCUT2D eigenvalue weighted by Crippen LogP contribution is -2.29. The quantitative estimate of drug-likeness (QED) is 0.728. The smallest absolute Gasteiger partial charge is 0.347 e. The molecule has 6 nitrogen and oxygen atoms in total. The lowest BCUT2D eigenvalue weighted by atomic mass is 10.2. The van der Waals surface area contributed by atoms with Gasteiger partial charge in [-0.05, 0) is 49.7 Å². The fraction of sp³-hybridized carbons (Fsp3) is 0.211. The van der Waals surface area contributed by atoms with Crippen molar-refractivity contribution in [1.29, 1.82) is 5.26 Å². The van der Waals surface area contributed by atoms with Crippen LogP contribution in [0.3, 0.4) is 0 Å². The predicted molar refractivity (Wildman–Crippen MR) is 102 cm³/mol. The van der Waals surface area contributed by atoms with Gasteiger partial charge in [0.05, 0.1) is 27.4 Å². The molecule has 1 atom stereocenters. The van der Waals surface area contributed by atoms with Crippen LogP contribution in [0.1, 0.15) is 18.1 Å². The van der Waals surface area contributed by atoms with Crippen LogP contribution in [0.25, 0.3) is 0 Å². The standard InChI is InChI=1S/C19H16Cl2N2O4/c1-11-3-8-15(20)18(17(11)21)23-16(24)10-26-19(25)12(2)27-14-6-4-13(9-22)5-7-14/h3-8,12H,10H2,1-2H3,(H,23,24)/t12-/m0/s1. The summed E-state index contributed by atoms with van der Waals surface area (Å²) in [6, 6.07) is 11.6. The maximum absolute atomic E-state index is 12.0. The number of benzene rings is 2. The van der Waals surface area contributed by atoms with Crippen LogP contribution in [0.5, 0.6) is 5.75 Å². The molecule has 0 aliphatic carbocycles. The van der Waals surface area contributed by atoms with Crippen molar-refractivity contribution in [3.8, 4) is 11.8 Å². The van der Waals surface area contributed by atoms with E-state index in [2.05, 4.69) is 5.32 Å². The first kappa shape index (κ1) is 20.6. The Kier molecular flexibility index (Phi) is 7.05. The van der Waals surface area contributed by atoms with Gasteiger partial charge in [-0.15, -0.1) is 0 Å². The summed E-state index contributed by atoms with van der Waals surface area (Å²) in [6.45, 7) is 2.75. The molecule has 0 heterocycles. The maximum atomic E-state index is 12.0. The molecule has 0 saturated carbocycles. The van der Waals surface area contributed by atoms with Crippen LogP contribution in [0.2, 0.25) is 10.0 Å². The molecule has 27 heavy (non-hydrogen) atoms. The van der Waals surface area contributed by atoms with E-state index in [-0.39, 0.29) is 10.7 Å². The molecule has 0 saturated heterocycles. The van der Waals surface area contributed by atoms with E-state index in [0.717, 1.165) is 5.56 Å². The molecule has 0 unspecified atom stereocenters. The number of nitrogens with zero attached hydrogens (tertiary/aromatic N) is 1. The summed E-state index contributed by atoms with van der Waals surface area (Å²) in [5.74, 6) is -0.888. The number of hydrogen-bond donors (Lipinski definition) is 1. The van der Waals surface area contributed by atoms with Crippen LogP contribution < -0.4 is 10.1 Å². The molecular formula is C19H16Cl2N2O4. The molecule has 0 aliphatic heterocycles. The highest BCUT2D eigenvalue weighted by Crippen LogP contribution is 2.32. The number of halogens is 2. The molecule has 8 heteroatoms. The summed E-state index contributed by atoms with van der Waals surface area (Å²) in [4.78, 5) is 24.0. The minimum Gasteiger partial charge on any atom is -0.479 e. The Labute approximate surface area is 166 Å². The average Bonchev–Trinajstić information content (AvgIpc) is 2.66. The summed E-state index contributed by atoms with van der Waals surface area (Å²) in [6.07, 6.45) is -0.933. The molecule has 2 rings (SSSR count). The van der Waals surface area contributed by atoms with Gasteiger partial charge in [-0.3, -0.25) is 4.79 Å². The van der Waals surface area contributed by atoms with Crippen LogP contribution in [-0.2, 0) is 14.3 Å². The van der Waals surface area contributed by atoms with Crippen molar-refractivity contribution >= 4 is 40.8 Å². The molecular weight excluding hydrogens is 391 g/mol. The number of nitriles is 1. The highest BCUT2D eigenvalue weighted by Gasteiger charge is 2.19. The van der Waals surface area contributed by atoms with Gasteiger partial charge in [-0.1, -0.05) is 29.3 Å². The Balaban J connectivity index is 1.88. The fourth-order valence-corrected chi connectivity index (χ4v) is 2.53. The number of aryl methyl sites for hydroxylation is 1. The number of nitrogens with one attached hydrogen (secondary N) is 1. The van der Waals surface area contributed by atoms with Crippen molar-refractivity contribution in [1.82, 2.24) is 0 Å². The van der Waals surface area contributed by atoms with Crippen molar-refractivity contribution in [2.45, 2.75) is 20.0 Å². The Morgan fingerprint density at radius 2 is 1.85 bits per heavy atom. The van der Waals surface area contributed by atoms with E-state index in [4.69, 9.17) is 37.9 Å². The van der Waals surface area contributed by atoms with Crippen LogP contribution in [0.15, 0.2) is 36.4 Å². The number of ether oxygens (including phenoxy) is 2. The van der Waals surface area contributed by atoms with Crippen molar-refractivity contribution in [2.24, 2.45) is 0 Å². The van der Waals surface area contributed by atoms with E-state index >= 15 is 0 Å². The Hall–Kier alpha value is -2.75. The second-order valence-corrected chi connectivity index (χ2v) is 6.39. The highest BCUT2D eigenvalue weighted by atomic mass is 35.5. The molecule has 2 aromatic rings. The number of amides is 1. The van der Waals surface area contributed by atoms with Gasteiger partial charge in [0.2, 0.25) is 0 Å². The number of rotatable bonds is 6. The first-order valence-electron chi connectivity index (χ1n) is 7.89.